The predicted molar refractivity (Wildman–Crippen MR) is 63.5 cm³/mol. The Labute approximate surface area is 104 Å². The first-order valence-corrected chi connectivity index (χ1v) is 5.47. The van der Waals surface area contributed by atoms with Gasteiger partial charge in [0.1, 0.15) is 11.9 Å². The molecule has 0 aromatic heterocycles. The third-order valence-electron chi connectivity index (χ3n) is 2.28. The van der Waals surface area contributed by atoms with E-state index >= 15 is 0 Å². The molecular weight excluding hydrogens is 239 g/mol. The number of aliphatic carboxylic acids is 1. The fourth-order valence-corrected chi connectivity index (χ4v) is 1.49. The van der Waals surface area contributed by atoms with Crippen molar-refractivity contribution < 1.29 is 19.1 Å². The smallest absolute Gasteiger partial charge is 0.325 e. The molecule has 0 aliphatic rings. The molecule has 0 aliphatic heterocycles. The van der Waals surface area contributed by atoms with Crippen molar-refractivity contribution >= 4 is 11.9 Å². The van der Waals surface area contributed by atoms with E-state index in [2.05, 4.69) is 10.6 Å². The molecule has 0 aliphatic carbocycles. The Kier molecular flexibility index (Phi) is 5.26. The SMILES string of the molecule is CC(=O)NCCNC(C(=O)O)c1cccc(F)c1. The monoisotopic (exact) mass is 254 g/mol. The first-order chi connectivity index (χ1) is 8.50. The molecule has 0 bridgehead atoms. The molecule has 0 saturated carbocycles. The van der Waals surface area contributed by atoms with Crippen LogP contribution >= 0.6 is 0 Å². The van der Waals surface area contributed by atoms with Crippen LogP contribution in [0.25, 0.3) is 0 Å². The zero-order valence-corrected chi connectivity index (χ0v) is 9.94. The lowest BCUT2D eigenvalue weighted by atomic mass is 10.1. The number of carboxylic acids is 1. The summed E-state index contributed by atoms with van der Waals surface area (Å²) in [6.07, 6.45) is 0. The van der Waals surface area contributed by atoms with Gasteiger partial charge in [0, 0.05) is 20.0 Å². The van der Waals surface area contributed by atoms with Gasteiger partial charge in [0.2, 0.25) is 5.91 Å². The molecule has 0 heterocycles. The Morgan fingerprint density at radius 1 is 1.39 bits per heavy atom. The predicted octanol–water partition coefficient (Wildman–Crippen LogP) is 0.677. The molecule has 3 N–H and O–H groups in total. The minimum absolute atomic E-state index is 0.186. The van der Waals surface area contributed by atoms with E-state index in [1.807, 2.05) is 0 Å². The van der Waals surface area contributed by atoms with Gasteiger partial charge in [-0.3, -0.25) is 14.9 Å². The van der Waals surface area contributed by atoms with Crippen molar-refractivity contribution in [3.05, 3.63) is 35.6 Å². The minimum Gasteiger partial charge on any atom is -0.480 e. The number of rotatable bonds is 6. The Bertz CT molecular complexity index is 437. The summed E-state index contributed by atoms with van der Waals surface area (Å²) in [5, 5.41) is 14.3. The van der Waals surface area contributed by atoms with Crippen LogP contribution in [0.2, 0.25) is 0 Å². The van der Waals surface area contributed by atoms with Crippen molar-refractivity contribution in [2.75, 3.05) is 13.1 Å². The molecule has 6 heteroatoms. The second-order valence-electron chi connectivity index (χ2n) is 3.76. The molecule has 0 fully saturated rings. The van der Waals surface area contributed by atoms with E-state index in [4.69, 9.17) is 5.11 Å². The second kappa shape index (κ2) is 6.70. The first kappa shape index (κ1) is 14.1. The van der Waals surface area contributed by atoms with Crippen LogP contribution in [0.3, 0.4) is 0 Å². The summed E-state index contributed by atoms with van der Waals surface area (Å²) in [6, 6.07) is 4.42. The summed E-state index contributed by atoms with van der Waals surface area (Å²) in [5.41, 5.74) is 0.338. The number of halogens is 1. The van der Waals surface area contributed by atoms with Crippen molar-refractivity contribution in [2.45, 2.75) is 13.0 Å². The fraction of sp³-hybridized carbons (Fsp3) is 0.333. The van der Waals surface area contributed by atoms with Gasteiger partial charge in [-0.05, 0) is 17.7 Å². The van der Waals surface area contributed by atoms with Crippen LogP contribution in [-0.2, 0) is 9.59 Å². The third kappa shape index (κ3) is 4.50. The van der Waals surface area contributed by atoms with Gasteiger partial charge in [-0.1, -0.05) is 12.1 Å². The van der Waals surface area contributed by atoms with Gasteiger partial charge in [-0.2, -0.15) is 0 Å². The number of benzene rings is 1. The Morgan fingerprint density at radius 3 is 2.67 bits per heavy atom. The maximum Gasteiger partial charge on any atom is 0.325 e. The van der Waals surface area contributed by atoms with Gasteiger partial charge >= 0.3 is 5.97 Å². The number of carbonyl (C=O) groups excluding carboxylic acids is 1. The number of amides is 1. The van der Waals surface area contributed by atoms with Crippen LogP contribution in [0, 0.1) is 5.82 Å². The van der Waals surface area contributed by atoms with Crippen LogP contribution in [-0.4, -0.2) is 30.1 Å². The average molecular weight is 254 g/mol. The summed E-state index contributed by atoms with van der Waals surface area (Å²) < 4.78 is 13.0. The summed E-state index contributed by atoms with van der Waals surface area (Å²) in [5.74, 6) is -1.76. The van der Waals surface area contributed by atoms with Crippen LogP contribution in [0.4, 0.5) is 4.39 Å². The summed E-state index contributed by atoms with van der Waals surface area (Å²) in [4.78, 5) is 21.7. The highest BCUT2D eigenvalue weighted by atomic mass is 19.1. The van der Waals surface area contributed by atoms with E-state index in [1.54, 1.807) is 0 Å². The Hall–Kier alpha value is -1.95. The van der Waals surface area contributed by atoms with Gasteiger partial charge < -0.3 is 10.4 Å². The van der Waals surface area contributed by atoms with Crippen LogP contribution in [0.1, 0.15) is 18.5 Å². The average Bonchev–Trinajstić information content (AvgIpc) is 2.27. The molecule has 5 nitrogen and oxygen atoms in total. The number of nitrogens with one attached hydrogen (secondary N) is 2. The largest absolute Gasteiger partial charge is 0.480 e. The lowest BCUT2D eigenvalue weighted by Crippen LogP contribution is -2.35. The highest BCUT2D eigenvalue weighted by Gasteiger charge is 2.19. The van der Waals surface area contributed by atoms with Gasteiger partial charge in [0.05, 0.1) is 0 Å². The van der Waals surface area contributed by atoms with E-state index < -0.39 is 17.8 Å². The molecule has 1 atom stereocenters. The van der Waals surface area contributed by atoms with Crippen LogP contribution in [0.5, 0.6) is 0 Å². The molecule has 1 amide bonds. The lowest BCUT2D eigenvalue weighted by molar-refractivity contribution is -0.139. The van der Waals surface area contributed by atoms with Gasteiger partial charge in [-0.15, -0.1) is 0 Å². The first-order valence-electron chi connectivity index (χ1n) is 5.47. The second-order valence-corrected chi connectivity index (χ2v) is 3.76. The van der Waals surface area contributed by atoms with E-state index in [0.717, 1.165) is 0 Å². The molecule has 1 unspecified atom stereocenters. The molecule has 98 valence electrons. The zero-order chi connectivity index (χ0) is 13.5. The van der Waals surface area contributed by atoms with E-state index in [0.29, 0.717) is 12.1 Å². The third-order valence-corrected chi connectivity index (χ3v) is 2.28. The van der Waals surface area contributed by atoms with E-state index in [-0.39, 0.29) is 12.5 Å². The van der Waals surface area contributed by atoms with Crippen molar-refractivity contribution in [3.63, 3.8) is 0 Å². The molecule has 18 heavy (non-hydrogen) atoms. The standard InChI is InChI=1S/C12H15FN2O3/c1-8(16)14-5-6-15-11(12(17)18)9-3-2-4-10(13)7-9/h2-4,7,11,15H,5-6H2,1H3,(H,14,16)(H,17,18). The minimum atomic E-state index is -1.09. The van der Waals surface area contributed by atoms with E-state index in [9.17, 15) is 14.0 Å². The van der Waals surface area contributed by atoms with Crippen LogP contribution < -0.4 is 10.6 Å². The van der Waals surface area contributed by atoms with Crippen molar-refractivity contribution in [1.82, 2.24) is 10.6 Å². The number of hydrogen-bond donors (Lipinski definition) is 3. The fourth-order valence-electron chi connectivity index (χ4n) is 1.49. The van der Waals surface area contributed by atoms with Crippen LogP contribution in [0.15, 0.2) is 24.3 Å². The van der Waals surface area contributed by atoms with Gasteiger partial charge in [0.15, 0.2) is 0 Å². The van der Waals surface area contributed by atoms with Gasteiger partial charge in [-0.25, -0.2) is 4.39 Å². The molecular formula is C12H15FN2O3. The quantitative estimate of drug-likeness (QED) is 0.652. The number of carboxylic acid groups (broad SMARTS) is 1. The maximum absolute atomic E-state index is 13.0. The topological polar surface area (TPSA) is 78.4 Å². The summed E-state index contributed by atoms with van der Waals surface area (Å²) in [7, 11) is 0. The Balaban J connectivity index is 2.60. The molecule has 1 aromatic carbocycles. The van der Waals surface area contributed by atoms with Crippen molar-refractivity contribution in [3.8, 4) is 0 Å². The molecule has 0 spiro atoms. The lowest BCUT2D eigenvalue weighted by Gasteiger charge is -2.15. The summed E-state index contributed by atoms with van der Waals surface area (Å²) in [6.45, 7) is 1.97. The Morgan fingerprint density at radius 2 is 2.11 bits per heavy atom. The maximum atomic E-state index is 13.0. The van der Waals surface area contributed by atoms with E-state index in [1.165, 1.54) is 31.2 Å². The normalized spacial score (nSPS) is 11.9. The van der Waals surface area contributed by atoms with Crippen molar-refractivity contribution in [1.29, 1.82) is 0 Å². The molecule has 0 radical (unpaired) electrons. The highest BCUT2D eigenvalue weighted by molar-refractivity contribution is 5.75. The number of carbonyl (C=O) groups is 2. The summed E-state index contributed by atoms with van der Waals surface area (Å²) >= 11 is 0. The molecule has 1 aromatic rings. The molecule has 0 saturated heterocycles. The highest BCUT2D eigenvalue weighted by Crippen LogP contribution is 2.14. The van der Waals surface area contributed by atoms with Crippen molar-refractivity contribution in [2.24, 2.45) is 0 Å². The zero-order valence-electron chi connectivity index (χ0n) is 9.94. The van der Waals surface area contributed by atoms with Gasteiger partial charge in [0.25, 0.3) is 0 Å². The number of hydrogen-bond acceptors (Lipinski definition) is 3. The molecule has 1 rings (SSSR count).